The fourth-order valence-electron chi connectivity index (χ4n) is 7.96. The largest absolute Gasteiger partial charge is 0.226 e. The monoisotopic (exact) mass is 781 g/mol. The molecule has 57 heavy (non-hydrogen) atoms. The second-order valence-corrected chi connectivity index (χ2v) is 17.2. The zero-order valence-electron chi connectivity index (χ0n) is 30.0. The van der Waals surface area contributed by atoms with Crippen molar-refractivity contribution in [3.63, 3.8) is 0 Å². The molecule has 5 nitrogen and oxygen atoms in total. The molecule has 0 fully saturated rings. The highest BCUT2D eigenvalue weighted by Gasteiger charge is 2.21. The predicted molar refractivity (Wildman–Crippen MR) is 241 cm³/mol. The van der Waals surface area contributed by atoms with Crippen molar-refractivity contribution in [2.24, 2.45) is 0 Å². The van der Waals surface area contributed by atoms with Gasteiger partial charge in [0.1, 0.15) is 0 Å². The Balaban J connectivity index is 1.09. The van der Waals surface area contributed by atoms with Crippen LogP contribution in [0.3, 0.4) is 0 Å². The van der Waals surface area contributed by atoms with E-state index in [1.807, 2.05) is 24.3 Å². The minimum atomic E-state index is 0.639. The molecule has 0 aliphatic rings. The van der Waals surface area contributed by atoms with Gasteiger partial charge in [0.25, 0.3) is 0 Å². The summed E-state index contributed by atoms with van der Waals surface area (Å²) in [5.41, 5.74) is 6.87. The van der Waals surface area contributed by atoms with Crippen LogP contribution in [-0.2, 0) is 0 Å². The number of fused-ring (bicyclic) bond motifs is 9. The summed E-state index contributed by atoms with van der Waals surface area (Å²) in [5, 5.41) is 5.76. The second kappa shape index (κ2) is 12.9. The molecule has 0 unspecified atom stereocenters. The molecule has 7 aromatic carbocycles. The molecule has 0 saturated heterocycles. The molecule has 0 saturated carbocycles. The Kier molecular flexibility index (Phi) is 7.38. The Morgan fingerprint density at radius 1 is 0.316 bits per heavy atom. The second-order valence-electron chi connectivity index (χ2n) is 14.0. The molecule has 12 rings (SSSR count). The van der Waals surface area contributed by atoms with Gasteiger partial charge in [-0.1, -0.05) is 121 Å². The summed E-state index contributed by atoms with van der Waals surface area (Å²) in [6, 6.07) is 57.2. The summed E-state index contributed by atoms with van der Waals surface area (Å²) in [7, 11) is 0. The van der Waals surface area contributed by atoms with Crippen LogP contribution >= 0.6 is 34.0 Å². The fourth-order valence-corrected chi connectivity index (χ4v) is 11.4. The molecule has 5 aromatic heterocycles. The first-order valence-electron chi connectivity index (χ1n) is 18.7. The SMILES string of the molecule is c1ccc(-c2nc(-c3cccc4sc5ccccc5c34)nc(-c3cccc4sc5ccc(-c6nc(-c7ccccc7)c7sc8ccccc8c7n6)cc5c34)n2)cc1. The van der Waals surface area contributed by atoms with E-state index in [2.05, 4.69) is 140 Å². The van der Waals surface area contributed by atoms with Crippen molar-refractivity contribution in [3.8, 4) is 56.8 Å². The first-order chi connectivity index (χ1) is 28.2. The molecule has 266 valence electrons. The number of benzene rings is 7. The van der Waals surface area contributed by atoms with Crippen LogP contribution in [0.5, 0.6) is 0 Å². The first-order valence-corrected chi connectivity index (χ1v) is 21.1. The van der Waals surface area contributed by atoms with E-state index in [-0.39, 0.29) is 0 Å². The average Bonchev–Trinajstić information content (AvgIpc) is 3.97. The van der Waals surface area contributed by atoms with Crippen molar-refractivity contribution in [2.45, 2.75) is 0 Å². The third kappa shape index (κ3) is 5.29. The van der Waals surface area contributed by atoms with Gasteiger partial charge in [-0.05, 0) is 42.5 Å². The van der Waals surface area contributed by atoms with Gasteiger partial charge in [0.2, 0.25) is 0 Å². The highest BCUT2D eigenvalue weighted by molar-refractivity contribution is 7.26. The van der Waals surface area contributed by atoms with E-state index in [9.17, 15) is 0 Å². The third-order valence-electron chi connectivity index (χ3n) is 10.6. The minimum absolute atomic E-state index is 0.639. The van der Waals surface area contributed by atoms with E-state index in [1.165, 1.54) is 34.3 Å². The zero-order chi connectivity index (χ0) is 37.5. The van der Waals surface area contributed by atoms with E-state index < -0.39 is 0 Å². The van der Waals surface area contributed by atoms with Crippen LogP contribution in [0, 0.1) is 0 Å². The van der Waals surface area contributed by atoms with Crippen molar-refractivity contribution in [2.75, 3.05) is 0 Å². The highest BCUT2D eigenvalue weighted by Crippen LogP contribution is 2.44. The Labute approximate surface area is 338 Å². The van der Waals surface area contributed by atoms with E-state index in [4.69, 9.17) is 24.9 Å². The lowest BCUT2D eigenvalue weighted by Gasteiger charge is -2.11. The van der Waals surface area contributed by atoms with Crippen molar-refractivity contribution in [1.82, 2.24) is 24.9 Å². The van der Waals surface area contributed by atoms with Gasteiger partial charge in [0.05, 0.1) is 15.9 Å². The minimum Gasteiger partial charge on any atom is -0.226 e. The smallest absolute Gasteiger partial charge is 0.164 e. The Bertz CT molecular complexity index is 3530. The quantitative estimate of drug-likeness (QED) is 0.174. The van der Waals surface area contributed by atoms with E-state index >= 15 is 0 Å². The van der Waals surface area contributed by atoms with Gasteiger partial charge in [-0.2, -0.15) is 0 Å². The van der Waals surface area contributed by atoms with Gasteiger partial charge in [-0.3, -0.25) is 0 Å². The molecule has 0 aliphatic heterocycles. The van der Waals surface area contributed by atoms with Gasteiger partial charge < -0.3 is 0 Å². The van der Waals surface area contributed by atoms with E-state index in [0.29, 0.717) is 23.3 Å². The first kappa shape index (κ1) is 32.5. The van der Waals surface area contributed by atoms with Crippen LogP contribution in [0.25, 0.3) is 117 Å². The molecule has 5 heterocycles. The standard InChI is InChI=1S/C49H27N5S3/c1-3-13-28(14-4-1)43-45-44(32-18-8-10-22-37(32)57-45)51-47(50-43)30-25-26-38-35(27-30)42-34(20-12-24-40(42)56-38)49-53-46(29-15-5-2-6-16-29)52-48(54-49)33-19-11-23-39-41(33)31-17-7-9-21-36(31)55-39/h1-27H. The summed E-state index contributed by atoms with van der Waals surface area (Å²) in [6.07, 6.45) is 0. The molecule has 12 aromatic rings. The number of nitrogens with zero attached hydrogens (tertiary/aromatic N) is 5. The summed E-state index contributed by atoms with van der Waals surface area (Å²) in [4.78, 5) is 26.3. The molecular formula is C49H27N5S3. The topological polar surface area (TPSA) is 64.5 Å². The maximum Gasteiger partial charge on any atom is 0.164 e. The van der Waals surface area contributed by atoms with E-state index in [1.54, 1.807) is 34.0 Å². The van der Waals surface area contributed by atoms with Crippen molar-refractivity contribution >= 4 is 94.7 Å². The molecule has 0 spiro atoms. The number of hydrogen-bond donors (Lipinski definition) is 0. The number of hydrogen-bond acceptors (Lipinski definition) is 8. The molecule has 8 heteroatoms. The van der Waals surface area contributed by atoms with Gasteiger partial charge in [-0.15, -0.1) is 34.0 Å². The summed E-state index contributed by atoms with van der Waals surface area (Å²) < 4.78 is 7.10. The predicted octanol–water partition coefficient (Wildman–Crippen LogP) is 14.1. The third-order valence-corrected chi connectivity index (χ3v) is 14.0. The number of aromatic nitrogens is 5. The molecule has 0 amide bonds. The maximum absolute atomic E-state index is 5.32. The van der Waals surface area contributed by atoms with Gasteiger partial charge in [0, 0.05) is 78.2 Å². The van der Waals surface area contributed by atoms with Crippen LogP contribution in [0.2, 0.25) is 0 Å². The normalized spacial score (nSPS) is 11.9. The molecule has 0 N–H and O–H groups in total. The summed E-state index contributed by atoms with van der Waals surface area (Å²) in [5.74, 6) is 2.64. The van der Waals surface area contributed by atoms with Gasteiger partial charge in [0.15, 0.2) is 23.3 Å². The van der Waals surface area contributed by atoms with Gasteiger partial charge >= 0.3 is 0 Å². The number of thiophene rings is 3. The Hall–Kier alpha value is -6.71. The van der Waals surface area contributed by atoms with E-state index in [0.717, 1.165) is 59.9 Å². The van der Waals surface area contributed by atoms with Crippen LogP contribution in [0.4, 0.5) is 0 Å². The molecule has 0 radical (unpaired) electrons. The molecular weight excluding hydrogens is 755 g/mol. The molecule has 0 bridgehead atoms. The van der Waals surface area contributed by atoms with Crippen molar-refractivity contribution in [1.29, 1.82) is 0 Å². The van der Waals surface area contributed by atoms with Crippen molar-refractivity contribution < 1.29 is 0 Å². The van der Waals surface area contributed by atoms with Crippen LogP contribution in [-0.4, -0.2) is 24.9 Å². The summed E-state index contributed by atoms with van der Waals surface area (Å²) >= 11 is 5.32. The average molecular weight is 782 g/mol. The lowest BCUT2D eigenvalue weighted by molar-refractivity contribution is 1.08. The van der Waals surface area contributed by atoms with Crippen LogP contribution in [0.1, 0.15) is 0 Å². The van der Waals surface area contributed by atoms with Crippen molar-refractivity contribution in [3.05, 3.63) is 164 Å². The fraction of sp³-hybridized carbons (Fsp3) is 0. The van der Waals surface area contributed by atoms with Crippen LogP contribution in [0.15, 0.2) is 164 Å². The molecule has 0 atom stereocenters. The Morgan fingerprint density at radius 3 is 1.54 bits per heavy atom. The van der Waals surface area contributed by atoms with Gasteiger partial charge in [-0.25, -0.2) is 24.9 Å². The maximum atomic E-state index is 5.32. The lowest BCUT2D eigenvalue weighted by atomic mass is 10.0. The zero-order valence-corrected chi connectivity index (χ0v) is 32.5. The van der Waals surface area contributed by atoms with Crippen LogP contribution < -0.4 is 0 Å². The highest BCUT2D eigenvalue weighted by atomic mass is 32.1. The molecule has 0 aliphatic carbocycles. The lowest BCUT2D eigenvalue weighted by Crippen LogP contribution is -2.00. The summed E-state index contributed by atoms with van der Waals surface area (Å²) in [6.45, 7) is 0. The number of rotatable bonds is 5. The Morgan fingerprint density at radius 2 is 0.842 bits per heavy atom.